The molecule has 15 heavy (non-hydrogen) atoms. The molecule has 82 valence electrons. The van der Waals surface area contributed by atoms with Crippen molar-refractivity contribution in [2.45, 2.75) is 12.5 Å². The molecule has 2 rings (SSSR count). The SMILES string of the molecule is COCC1CNC(c2ccc(O)cc2)C1. The predicted molar refractivity (Wildman–Crippen MR) is 58.8 cm³/mol. The van der Waals surface area contributed by atoms with Crippen LogP contribution in [0.15, 0.2) is 24.3 Å². The summed E-state index contributed by atoms with van der Waals surface area (Å²) < 4.78 is 5.15. The van der Waals surface area contributed by atoms with Gasteiger partial charge in [-0.25, -0.2) is 0 Å². The number of methoxy groups -OCH3 is 1. The molecule has 1 fully saturated rings. The van der Waals surface area contributed by atoms with E-state index in [1.54, 1.807) is 19.2 Å². The molecule has 0 bridgehead atoms. The first kappa shape index (κ1) is 10.5. The van der Waals surface area contributed by atoms with Gasteiger partial charge in [-0.1, -0.05) is 12.1 Å². The maximum Gasteiger partial charge on any atom is 0.115 e. The number of hydrogen-bond donors (Lipinski definition) is 2. The Labute approximate surface area is 90.1 Å². The number of nitrogens with one attached hydrogen (secondary N) is 1. The van der Waals surface area contributed by atoms with E-state index in [2.05, 4.69) is 5.32 Å². The predicted octanol–water partition coefficient (Wildman–Crippen LogP) is 1.69. The first-order valence-electron chi connectivity index (χ1n) is 5.31. The molecular weight excluding hydrogens is 190 g/mol. The number of rotatable bonds is 3. The van der Waals surface area contributed by atoms with Crippen molar-refractivity contribution >= 4 is 0 Å². The van der Waals surface area contributed by atoms with Crippen molar-refractivity contribution in [1.29, 1.82) is 0 Å². The van der Waals surface area contributed by atoms with Gasteiger partial charge in [0.25, 0.3) is 0 Å². The van der Waals surface area contributed by atoms with E-state index in [0.29, 0.717) is 17.7 Å². The fourth-order valence-electron chi connectivity index (χ4n) is 2.13. The molecule has 3 heteroatoms. The number of phenolic OH excluding ortho intramolecular Hbond substituents is 1. The highest BCUT2D eigenvalue weighted by atomic mass is 16.5. The van der Waals surface area contributed by atoms with Gasteiger partial charge in [-0.15, -0.1) is 0 Å². The monoisotopic (exact) mass is 207 g/mol. The second kappa shape index (κ2) is 4.64. The average molecular weight is 207 g/mol. The second-order valence-corrected chi connectivity index (χ2v) is 4.11. The van der Waals surface area contributed by atoms with Crippen molar-refractivity contribution in [3.05, 3.63) is 29.8 Å². The lowest BCUT2D eigenvalue weighted by molar-refractivity contribution is 0.159. The highest BCUT2D eigenvalue weighted by molar-refractivity contribution is 5.28. The van der Waals surface area contributed by atoms with Crippen molar-refractivity contribution in [1.82, 2.24) is 5.32 Å². The quantitative estimate of drug-likeness (QED) is 0.792. The minimum absolute atomic E-state index is 0.324. The fourth-order valence-corrected chi connectivity index (χ4v) is 2.13. The average Bonchev–Trinajstić information content (AvgIpc) is 2.68. The number of aromatic hydroxyl groups is 1. The Hall–Kier alpha value is -1.06. The van der Waals surface area contributed by atoms with Crippen LogP contribution in [0.25, 0.3) is 0 Å². The van der Waals surface area contributed by atoms with Gasteiger partial charge in [-0.05, 0) is 30.0 Å². The number of phenols is 1. The molecule has 0 radical (unpaired) electrons. The van der Waals surface area contributed by atoms with E-state index in [-0.39, 0.29) is 0 Å². The van der Waals surface area contributed by atoms with Crippen LogP contribution in [0.4, 0.5) is 0 Å². The van der Waals surface area contributed by atoms with Crippen LogP contribution < -0.4 is 5.32 Å². The zero-order valence-electron chi connectivity index (χ0n) is 8.94. The Kier molecular flexibility index (Phi) is 3.23. The summed E-state index contributed by atoms with van der Waals surface area (Å²) in [5, 5.41) is 12.7. The smallest absolute Gasteiger partial charge is 0.115 e. The van der Waals surface area contributed by atoms with E-state index in [4.69, 9.17) is 4.74 Å². The minimum Gasteiger partial charge on any atom is -0.508 e. The standard InChI is InChI=1S/C12H17NO2/c1-15-8-9-6-12(13-7-9)10-2-4-11(14)5-3-10/h2-5,9,12-14H,6-8H2,1H3. The Morgan fingerprint density at radius 1 is 1.40 bits per heavy atom. The molecule has 0 aromatic heterocycles. The van der Waals surface area contributed by atoms with Gasteiger partial charge in [0.2, 0.25) is 0 Å². The van der Waals surface area contributed by atoms with Gasteiger partial charge in [-0.3, -0.25) is 0 Å². The molecular formula is C12H17NO2. The number of benzene rings is 1. The summed E-state index contributed by atoms with van der Waals surface area (Å²) in [5.74, 6) is 0.930. The topological polar surface area (TPSA) is 41.5 Å². The van der Waals surface area contributed by atoms with Crippen LogP contribution in [0.2, 0.25) is 0 Å². The second-order valence-electron chi connectivity index (χ2n) is 4.11. The molecule has 2 N–H and O–H groups in total. The van der Waals surface area contributed by atoms with Gasteiger partial charge >= 0.3 is 0 Å². The van der Waals surface area contributed by atoms with E-state index < -0.39 is 0 Å². The van der Waals surface area contributed by atoms with E-state index in [1.807, 2.05) is 12.1 Å². The summed E-state index contributed by atoms with van der Waals surface area (Å²) in [6.07, 6.45) is 1.11. The summed E-state index contributed by atoms with van der Waals surface area (Å²) in [6, 6.07) is 7.83. The lowest BCUT2D eigenvalue weighted by Crippen LogP contribution is -2.14. The summed E-state index contributed by atoms with van der Waals surface area (Å²) in [7, 11) is 1.74. The Morgan fingerprint density at radius 2 is 2.13 bits per heavy atom. The number of hydrogen-bond acceptors (Lipinski definition) is 3. The van der Waals surface area contributed by atoms with E-state index >= 15 is 0 Å². The molecule has 0 amide bonds. The normalized spacial score (nSPS) is 25.7. The van der Waals surface area contributed by atoms with Crippen molar-refractivity contribution < 1.29 is 9.84 Å². The Balaban J connectivity index is 1.98. The highest BCUT2D eigenvalue weighted by Gasteiger charge is 2.24. The summed E-state index contributed by atoms with van der Waals surface area (Å²) in [6.45, 7) is 1.83. The molecule has 1 aromatic rings. The lowest BCUT2D eigenvalue weighted by Gasteiger charge is -2.10. The Morgan fingerprint density at radius 3 is 2.80 bits per heavy atom. The van der Waals surface area contributed by atoms with Crippen molar-refractivity contribution in [3.63, 3.8) is 0 Å². The first-order chi connectivity index (χ1) is 7.29. The van der Waals surface area contributed by atoms with Crippen molar-refractivity contribution in [3.8, 4) is 5.75 Å². The summed E-state index contributed by atoms with van der Waals surface area (Å²) in [5.41, 5.74) is 1.24. The molecule has 1 aliphatic heterocycles. The zero-order chi connectivity index (χ0) is 10.7. The van der Waals surface area contributed by atoms with Crippen LogP contribution in [-0.2, 0) is 4.74 Å². The third-order valence-electron chi connectivity index (χ3n) is 2.92. The van der Waals surface area contributed by atoms with Gasteiger partial charge in [0.15, 0.2) is 0 Å². The lowest BCUT2D eigenvalue weighted by atomic mass is 10.0. The van der Waals surface area contributed by atoms with Crippen molar-refractivity contribution in [2.24, 2.45) is 5.92 Å². The van der Waals surface area contributed by atoms with E-state index in [0.717, 1.165) is 19.6 Å². The van der Waals surface area contributed by atoms with Gasteiger partial charge in [-0.2, -0.15) is 0 Å². The van der Waals surface area contributed by atoms with Crippen LogP contribution in [0, 0.1) is 5.92 Å². The Bertz CT molecular complexity index is 310. The molecule has 3 nitrogen and oxygen atoms in total. The van der Waals surface area contributed by atoms with Crippen LogP contribution in [0.1, 0.15) is 18.0 Å². The summed E-state index contributed by atoms with van der Waals surface area (Å²) in [4.78, 5) is 0. The van der Waals surface area contributed by atoms with Crippen molar-refractivity contribution in [2.75, 3.05) is 20.3 Å². The van der Waals surface area contributed by atoms with Gasteiger partial charge in [0, 0.05) is 19.7 Å². The molecule has 0 saturated carbocycles. The molecule has 2 atom stereocenters. The zero-order valence-corrected chi connectivity index (χ0v) is 8.94. The number of ether oxygens (including phenoxy) is 1. The molecule has 2 unspecified atom stereocenters. The molecule has 1 aliphatic rings. The minimum atomic E-state index is 0.324. The van der Waals surface area contributed by atoms with Crippen LogP contribution >= 0.6 is 0 Å². The summed E-state index contributed by atoms with van der Waals surface area (Å²) >= 11 is 0. The van der Waals surface area contributed by atoms with Crippen LogP contribution in [0.5, 0.6) is 5.75 Å². The molecule has 1 heterocycles. The third-order valence-corrected chi connectivity index (χ3v) is 2.92. The molecule has 1 saturated heterocycles. The van der Waals surface area contributed by atoms with Crippen LogP contribution in [-0.4, -0.2) is 25.4 Å². The first-order valence-corrected chi connectivity index (χ1v) is 5.31. The third kappa shape index (κ3) is 2.49. The molecule has 0 spiro atoms. The largest absolute Gasteiger partial charge is 0.508 e. The van der Waals surface area contributed by atoms with Crippen LogP contribution in [0.3, 0.4) is 0 Å². The molecule has 1 aromatic carbocycles. The van der Waals surface area contributed by atoms with Gasteiger partial charge < -0.3 is 15.2 Å². The maximum absolute atomic E-state index is 9.20. The fraction of sp³-hybridized carbons (Fsp3) is 0.500. The van der Waals surface area contributed by atoms with E-state index in [9.17, 15) is 5.11 Å². The van der Waals surface area contributed by atoms with Gasteiger partial charge in [0.1, 0.15) is 5.75 Å². The van der Waals surface area contributed by atoms with Gasteiger partial charge in [0.05, 0.1) is 6.61 Å². The van der Waals surface area contributed by atoms with E-state index in [1.165, 1.54) is 5.56 Å². The highest BCUT2D eigenvalue weighted by Crippen LogP contribution is 2.28. The maximum atomic E-state index is 9.20. The molecule has 0 aliphatic carbocycles.